The highest BCUT2D eigenvalue weighted by Gasteiger charge is 2.33. The average molecular weight is 467 g/mol. The molecule has 5 heteroatoms. The minimum absolute atomic E-state index is 0.129. The molecular formula is C30H30N2O3. The van der Waals surface area contributed by atoms with Crippen molar-refractivity contribution in [1.82, 2.24) is 4.98 Å². The first-order valence-corrected chi connectivity index (χ1v) is 12.2. The van der Waals surface area contributed by atoms with E-state index in [0.717, 1.165) is 52.2 Å². The topological polar surface area (TPSA) is 68.3 Å². The second-order valence-corrected chi connectivity index (χ2v) is 10.4. The Kier molecular flexibility index (Phi) is 6.01. The first-order chi connectivity index (χ1) is 16.8. The number of nitrogens with one attached hydrogen (secondary N) is 1. The molecular weight excluding hydrogens is 436 g/mol. The van der Waals surface area contributed by atoms with Crippen LogP contribution in [-0.4, -0.2) is 23.5 Å². The minimum atomic E-state index is -0.469. The number of fused-ring (bicyclic) bond motifs is 3. The molecule has 5 rings (SSSR count). The van der Waals surface area contributed by atoms with Crippen molar-refractivity contribution < 1.29 is 14.3 Å². The number of hydrogen-bond donors (Lipinski definition) is 1. The van der Waals surface area contributed by atoms with Gasteiger partial charge in [0.25, 0.3) is 5.91 Å². The van der Waals surface area contributed by atoms with Crippen molar-refractivity contribution in [3.05, 3.63) is 83.6 Å². The Morgan fingerprint density at radius 3 is 2.54 bits per heavy atom. The Morgan fingerprint density at radius 2 is 1.74 bits per heavy atom. The second kappa shape index (κ2) is 9.14. The lowest BCUT2D eigenvalue weighted by atomic mass is 9.70. The normalized spacial score (nSPS) is 15.6. The first-order valence-electron chi connectivity index (χ1n) is 12.2. The van der Waals surface area contributed by atoms with Crippen molar-refractivity contribution in [2.45, 2.75) is 40.0 Å². The molecule has 4 aromatic rings. The molecule has 1 N–H and O–H groups in total. The van der Waals surface area contributed by atoms with Crippen molar-refractivity contribution in [3.63, 3.8) is 0 Å². The van der Waals surface area contributed by atoms with Crippen molar-refractivity contribution >= 4 is 39.2 Å². The molecule has 0 bridgehead atoms. The van der Waals surface area contributed by atoms with Crippen LogP contribution >= 0.6 is 0 Å². The van der Waals surface area contributed by atoms with Crippen LogP contribution in [0, 0.1) is 11.3 Å². The number of nitrogens with zero attached hydrogens (tertiary/aromatic N) is 1. The predicted molar refractivity (Wildman–Crippen MR) is 140 cm³/mol. The van der Waals surface area contributed by atoms with E-state index in [4.69, 9.17) is 9.72 Å². The zero-order chi connectivity index (χ0) is 24.6. The number of benzene rings is 3. The smallest absolute Gasteiger partial charge is 0.339 e. The van der Waals surface area contributed by atoms with Crippen LogP contribution in [0.3, 0.4) is 0 Å². The summed E-state index contributed by atoms with van der Waals surface area (Å²) < 4.78 is 5.57. The molecule has 0 aliphatic heterocycles. The lowest BCUT2D eigenvalue weighted by Crippen LogP contribution is -2.29. The number of rotatable bonds is 4. The number of amides is 1. The standard InChI is InChI=1S/C30H30N2O3/c1-30(2,3)21-13-15-26-24(17-21)28(23-10-6-7-11-25(23)32-26)29(34)35-18-27(33)31-22-14-12-19-8-4-5-9-20(19)16-22/h4-12,14,16,21H,13,15,17-18H2,1-3H3,(H,31,33). The largest absolute Gasteiger partial charge is 0.452 e. The number of carbonyl (C=O) groups excluding carboxylic acids is 2. The third-order valence-electron chi connectivity index (χ3n) is 7.06. The van der Waals surface area contributed by atoms with Gasteiger partial charge < -0.3 is 10.1 Å². The first kappa shape index (κ1) is 23.0. The Balaban J connectivity index is 1.37. The minimum Gasteiger partial charge on any atom is -0.452 e. The molecule has 1 heterocycles. The number of para-hydroxylation sites is 1. The van der Waals surface area contributed by atoms with Crippen LogP contribution in [0.1, 0.15) is 48.8 Å². The van der Waals surface area contributed by atoms with Gasteiger partial charge in [-0.1, -0.05) is 69.3 Å². The molecule has 178 valence electrons. The Hall–Kier alpha value is -3.73. The fraction of sp³-hybridized carbons (Fsp3) is 0.300. The van der Waals surface area contributed by atoms with Gasteiger partial charge in [0.2, 0.25) is 0 Å². The molecule has 1 aliphatic carbocycles. The fourth-order valence-corrected chi connectivity index (χ4v) is 5.03. The molecule has 1 atom stereocenters. The molecule has 1 amide bonds. The summed E-state index contributed by atoms with van der Waals surface area (Å²) in [6.07, 6.45) is 2.67. The number of esters is 1. The monoisotopic (exact) mass is 466 g/mol. The third-order valence-corrected chi connectivity index (χ3v) is 7.06. The number of carbonyl (C=O) groups is 2. The predicted octanol–water partition coefficient (Wildman–Crippen LogP) is 6.33. The van der Waals surface area contributed by atoms with Gasteiger partial charge in [-0.3, -0.25) is 9.78 Å². The van der Waals surface area contributed by atoms with Crippen molar-refractivity contribution in [2.24, 2.45) is 11.3 Å². The van der Waals surface area contributed by atoms with E-state index >= 15 is 0 Å². The number of anilines is 1. The molecule has 0 saturated heterocycles. The van der Waals surface area contributed by atoms with Gasteiger partial charge in [-0.15, -0.1) is 0 Å². The maximum atomic E-state index is 13.4. The quantitative estimate of drug-likeness (QED) is 0.357. The molecule has 3 aromatic carbocycles. The molecule has 35 heavy (non-hydrogen) atoms. The summed E-state index contributed by atoms with van der Waals surface area (Å²) in [5.41, 5.74) is 4.08. The summed E-state index contributed by atoms with van der Waals surface area (Å²) in [5, 5.41) is 5.75. The number of aromatic nitrogens is 1. The van der Waals surface area contributed by atoms with Gasteiger partial charge in [0, 0.05) is 16.8 Å². The van der Waals surface area contributed by atoms with Gasteiger partial charge in [0.1, 0.15) is 0 Å². The van der Waals surface area contributed by atoms with E-state index in [0.29, 0.717) is 17.2 Å². The number of aryl methyl sites for hydroxylation is 1. The van der Waals surface area contributed by atoms with Crippen LogP contribution in [0.2, 0.25) is 0 Å². The van der Waals surface area contributed by atoms with Crippen LogP contribution in [0.5, 0.6) is 0 Å². The number of ether oxygens (including phenoxy) is 1. The van der Waals surface area contributed by atoms with Crippen LogP contribution in [0.4, 0.5) is 5.69 Å². The molecule has 0 spiro atoms. The zero-order valence-corrected chi connectivity index (χ0v) is 20.4. The van der Waals surface area contributed by atoms with Crippen LogP contribution in [0.15, 0.2) is 66.7 Å². The Bertz CT molecular complexity index is 1440. The molecule has 5 nitrogen and oxygen atoms in total. The maximum absolute atomic E-state index is 13.4. The lowest BCUT2D eigenvalue weighted by molar-refractivity contribution is -0.119. The molecule has 1 aliphatic rings. The van der Waals surface area contributed by atoms with Crippen molar-refractivity contribution in [3.8, 4) is 0 Å². The fourth-order valence-electron chi connectivity index (χ4n) is 5.03. The highest BCUT2D eigenvalue weighted by atomic mass is 16.5. The molecule has 0 fully saturated rings. The molecule has 0 saturated carbocycles. The van der Waals surface area contributed by atoms with Gasteiger partial charge in [-0.2, -0.15) is 0 Å². The van der Waals surface area contributed by atoms with E-state index < -0.39 is 5.97 Å². The summed E-state index contributed by atoms with van der Waals surface area (Å²) in [4.78, 5) is 30.9. The SMILES string of the molecule is CC(C)(C)C1CCc2nc3ccccc3c(C(=O)OCC(=O)Nc3ccc4ccccc4c3)c2C1. The van der Waals surface area contributed by atoms with Gasteiger partial charge in [0.15, 0.2) is 6.61 Å². The summed E-state index contributed by atoms with van der Waals surface area (Å²) in [6.45, 7) is 6.38. The number of hydrogen-bond acceptors (Lipinski definition) is 4. The molecule has 0 radical (unpaired) electrons. The Morgan fingerprint density at radius 1 is 1.00 bits per heavy atom. The molecule has 1 aromatic heterocycles. The van der Waals surface area contributed by atoms with Crippen LogP contribution in [-0.2, 0) is 22.4 Å². The van der Waals surface area contributed by atoms with Gasteiger partial charge >= 0.3 is 5.97 Å². The lowest BCUT2D eigenvalue weighted by Gasteiger charge is -2.35. The summed E-state index contributed by atoms with van der Waals surface area (Å²) in [6, 6.07) is 21.3. The van der Waals surface area contributed by atoms with Gasteiger partial charge in [-0.25, -0.2) is 4.79 Å². The average Bonchev–Trinajstić information content (AvgIpc) is 2.85. The Labute approximate surface area is 205 Å². The van der Waals surface area contributed by atoms with Crippen LogP contribution < -0.4 is 5.32 Å². The van der Waals surface area contributed by atoms with Crippen molar-refractivity contribution in [1.29, 1.82) is 0 Å². The highest BCUT2D eigenvalue weighted by molar-refractivity contribution is 6.06. The van der Waals surface area contributed by atoms with Crippen LogP contribution in [0.25, 0.3) is 21.7 Å². The van der Waals surface area contributed by atoms with E-state index in [2.05, 4.69) is 26.1 Å². The number of pyridine rings is 1. The van der Waals surface area contributed by atoms with Gasteiger partial charge in [0.05, 0.1) is 11.1 Å². The van der Waals surface area contributed by atoms with Gasteiger partial charge in [-0.05, 0) is 65.1 Å². The second-order valence-electron chi connectivity index (χ2n) is 10.4. The van der Waals surface area contributed by atoms with E-state index in [-0.39, 0.29) is 17.9 Å². The molecule has 1 unspecified atom stereocenters. The zero-order valence-electron chi connectivity index (χ0n) is 20.4. The summed E-state index contributed by atoms with van der Waals surface area (Å²) in [5.74, 6) is -0.391. The van der Waals surface area contributed by atoms with E-state index in [1.807, 2.05) is 66.7 Å². The van der Waals surface area contributed by atoms with E-state index in [1.54, 1.807) is 0 Å². The summed E-state index contributed by atoms with van der Waals surface area (Å²) >= 11 is 0. The third kappa shape index (κ3) is 4.76. The van der Waals surface area contributed by atoms with E-state index in [1.165, 1.54) is 0 Å². The van der Waals surface area contributed by atoms with Crippen molar-refractivity contribution in [2.75, 3.05) is 11.9 Å². The summed E-state index contributed by atoms with van der Waals surface area (Å²) in [7, 11) is 0. The highest BCUT2D eigenvalue weighted by Crippen LogP contribution is 2.39. The maximum Gasteiger partial charge on any atom is 0.339 e. The van der Waals surface area contributed by atoms with E-state index in [9.17, 15) is 9.59 Å².